The molecule has 3 aromatic rings. The van der Waals surface area contributed by atoms with Gasteiger partial charge in [0.25, 0.3) is 0 Å². The van der Waals surface area contributed by atoms with E-state index in [2.05, 4.69) is 15.3 Å². The summed E-state index contributed by atoms with van der Waals surface area (Å²) in [6, 6.07) is 9.26. The number of benzene rings is 1. The van der Waals surface area contributed by atoms with Crippen LogP contribution in [0.5, 0.6) is 11.5 Å². The van der Waals surface area contributed by atoms with Crippen molar-refractivity contribution in [3.05, 3.63) is 53.2 Å². The normalized spacial score (nSPS) is 10.4. The summed E-state index contributed by atoms with van der Waals surface area (Å²) in [4.78, 5) is 21.2. The van der Waals surface area contributed by atoms with Gasteiger partial charge in [-0.15, -0.1) is 11.3 Å². The summed E-state index contributed by atoms with van der Waals surface area (Å²) in [5, 5.41) is 5.59. The van der Waals surface area contributed by atoms with Crippen LogP contribution in [0.2, 0.25) is 0 Å². The molecule has 0 bridgehead atoms. The van der Waals surface area contributed by atoms with Crippen molar-refractivity contribution in [2.45, 2.75) is 13.3 Å². The molecule has 0 fully saturated rings. The summed E-state index contributed by atoms with van der Waals surface area (Å²) in [6.45, 7) is 1.90. The number of nitrogens with zero attached hydrogens (tertiary/aromatic N) is 2. The van der Waals surface area contributed by atoms with Crippen molar-refractivity contribution in [2.24, 2.45) is 0 Å². The van der Waals surface area contributed by atoms with Gasteiger partial charge in [0.15, 0.2) is 11.5 Å². The van der Waals surface area contributed by atoms with Crippen LogP contribution in [-0.4, -0.2) is 30.1 Å². The first-order chi connectivity index (χ1) is 12.6. The highest BCUT2D eigenvalue weighted by atomic mass is 32.1. The number of hydrogen-bond donors (Lipinski definition) is 1. The number of pyridine rings is 1. The number of rotatable bonds is 6. The number of aromatic nitrogens is 2. The number of anilines is 1. The van der Waals surface area contributed by atoms with Crippen LogP contribution in [0, 0.1) is 6.92 Å². The van der Waals surface area contributed by atoms with Gasteiger partial charge in [0.2, 0.25) is 5.91 Å². The molecule has 2 heterocycles. The minimum absolute atomic E-state index is 0.141. The van der Waals surface area contributed by atoms with E-state index in [1.54, 1.807) is 26.5 Å². The van der Waals surface area contributed by atoms with Gasteiger partial charge in [-0.1, -0.05) is 6.07 Å². The Bertz CT molecular complexity index is 910. The molecule has 0 aliphatic rings. The largest absolute Gasteiger partial charge is 0.493 e. The van der Waals surface area contributed by atoms with Gasteiger partial charge >= 0.3 is 0 Å². The third-order valence-electron chi connectivity index (χ3n) is 3.78. The fourth-order valence-corrected chi connectivity index (χ4v) is 3.26. The average molecular weight is 369 g/mol. The van der Waals surface area contributed by atoms with Gasteiger partial charge in [-0.3, -0.25) is 9.78 Å². The van der Waals surface area contributed by atoms with Crippen molar-refractivity contribution in [2.75, 3.05) is 19.5 Å². The van der Waals surface area contributed by atoms with Gasteiger partial charge in [-0.25, -0.2) is 4.98 Å². The number of amides is 1. The summed E-state index contributed by atoms with van der Waals surface area (Å²) in [5.41, 5.74) is 3.10. The number of aryl methyl sites for hydroxylation is 1. The Morgan fingerprint density at radius 3 is 2.65 bits per heavy atom. The molecule has 0 saturated heterocycles. The van der Waals surface area contributed by atoms with Gasteiger partial charge in [-0.2, -0.15) is 0 Å². The third kappa shape index (κ3) is 4.00. The molecule has 0 radical (unpaired) electrons. The van der Waals surface area contributed by atoms with Crippen LogP contribution in [0.1, 0.15) is 11.3 Å². The molecule has 134 valence electrons. The molecular weight excluding hydrogens is 350 g/mol. The zero-order valence-electron chi connectivity index (χ0n) is 14.8. The third-order valence-corrected chi connectivity index (χ3v) is 4.70. The zero-order valence-corrected chi connectivity index (χ0v) is 15.6. The number of carbonyl (C=O) groups excluding carboxylic acids is 1. The molecule has 1 N–H and O–H groups in total. The van der Waals surface area contributed by atoms with E-state index >= 15 is 0 Å². The molecule has 7 heteroatoms. The van der Waals surface area contributed by atoms with E-state index in [0.717, 1.165) is 16.3 Å². The molecule has 0 aliphatic heterocycles. The molecule has 0 spiro atoms. The van der Waals surface area contributed by atoms with Gasteiger partial charge in [0.1, 0.15) is 5.01 Å². The van der Waals surface area contributed by atoms with Crippen LogP contribution in [0.3, 0.4) is 0 Å². The minimum atomic E-state index is -0.141. The van der Waals surface area contributed by atoms with Crippen molar-refractivity contribution in [3.8, 4) is 22.2 Å². The molecule has 0 atom stereocenters. The number of carbonyl (C=O) groups is 1. The average Bonchev–Trinajstić information content (AvgIpc) is 3.12. The SMILES string of the molecule is COc1cc(C)c(NC(=O)Cc2csc(-c3ccccn3)n2)cc1OC. The predicted molar refractivity (Wildman–Crippen MR) is 102 cm³/mol. The molecule has 0 unspecified atom stereocenters. The van der Waals surface area contributed by atoms with E-state index in [4.69, 9.17) is 9.47 Å². The lowest BCUT2D eigenvalue weighted by Gasteiger charge is -2.13. The van der Waals surface area contributed by atoms with Crippen LogP contribution in [-0.2, 0) is 11.2 Å². The highest BCUT2D eigenvalue weighted by Crippen LogP contribution is 2.33. The van der Waals surface area contributed by atoms with Crippen LogP contribution >= 0.6 is 11.3 Å². The number of hydrogen-bond acceptors (Lipinski definition) is 6. The summed E-state index contributed by atoms with van der Waals surface area (Å²) in [7, 11) is 3.14. The first-order valence-electron chi connectivity index (χ1n) is 7.99. The van der Waals surface area contributed by atoms with Crippen molar-refractivity contribution >= 4 is 22.9 Å². The van der Waals surface area contributed by atoms with Gasteiger partial charge in [-0.05, 0) is 30.7 Å². The highest BCUT2D eigenvalue weighted by Gasteiger charge is 2.13. The Kier molecular flexibility index (Phi) is 5.48. The van der Waals surface area contributed by atoms with Crippen LogP contribution in [0.15, 0.2) is 41.9 Å². The topological polar surface area (TPSA) is 73.3 Å². The quantitative estimate of drug-likeness (QED) is 0.717. The molecule has 3 rings (SSSR count). The maximum absolute atomic E-state index is 12.4. The zero-order chi connectivity index (χ0) is 18.5. The predicted octanol–water partition coefficient (Wildman–Crippen LogP) is 3.71. The van der Waals surface area contributed by atoms with Gasteiger partial charge in [0, 0.05) is 23.3 Å². The van der Waals surface area contributed by atoms with Crippen molar-refractivity contribution < 1.29 is 14.3 Å². The van der Waals surface area contributed by atoms with E-state index < -0.39 is 0 Å². The van der Waals surface area contributed by atoms with Crippen LogP contribution < -0.4 is 14.8 Å². The monoisotopic (exact) mass is 369 g/mol. The van der Waals surface area contributed by atoms with E-state index in [1.165, 1.54) is 11.3 Å². The Labute approximate surface area is 155 Å². The van der Waals surface area contributed by atoms with E-state index in [1.807, 2.05) is 36.6 Å². The number of thiazole rings is 1. The Morgan fingerprint density at radius 1 is 1.19 bits per heavy atom. The van der Waals surface area contributed by atoms with Gasteiger partial charge in [0.05, 0.1) is 32.0 Å². The molecule has 1 aromatic carbocycles. The summed E-state index contributed by atoms with van der Waals surface area (Å²) in [6.07, 6.45) is 1.92. The molecule has 1 amide bonds. The van der Waals surface area contributed by atoms with E-state index in [0.29, 0.717) is 22.9 Å². The van der Waals surface area contributed by atoms with Crippen molar-refractivity contribution in [3.63, 3.8) is 0 Å². The lowest BCUT2D eigenvalue weighted by atomic mass is 10.1. The van der Waals surface area contributed by atoms with E-state index in [9.17, 15) is 4.79 Å². The minimum Gasteiger partial charge on any atom is -0.493 e. The van der Waals surface area contributed by atoms with Crippen molar-refractivity contribution in [1.82, 2.24) is 9.97 Å². The second kappa shape index (κ2) is 7.97. The second-order valence-electron chi connectivity index (χ2n) is 5.61. The lowest BCUT2D eigenvalue weighted by molar-refractivity contribution is -0.115. The molecular formula is C19H19N3O3S. The fraction of sp³-hybridized carbons (Fsp3) is 0.211. The Balaban J connectivity index is 1.71. The number of ether oxygens (including phenoxy) is 2. The standard InChI is InChI=1S/C19H19N3O3S/c1-12-8-16(24-2)17(25-3)10-15(12)22-18(23)9-13-11-26-19(21-13)14-6-4-5-7-20-14/h4-8,10-11H,9H2,1-3H3,(H,22,23). The van der Waals surface area contributed by atoms with Crippen molar-refractivity contribution in [1.29, 1.82) is 0 Å². The van der Waals surface area contributed by atoms with Crippen LogP contribution in [0.4, 0.5) is 5.69 Å². The molecule has 0 aliphatic carbocycles. The number of methoxy groups -OCH3 is 2. The van der Waals surface area contributed by atoms with Gasteiger partial charge < -0.3 is 14.8 Å². The van der Waals surface area contributed by atoms with E-state index in [-0.39, 0.29) is 12.3 Å². The maximum Gasteiger partial charge on any atom is 0.230 e. The van der Waals surface area contributed by atoms with Crippen LogP contribution in [0.25, 0.3) is 10.7 Å². The summed E-state index contributed by atoms with van der Waals surface area (Å²) in [5.74, 6) is 1.06. The second-order valence-corrected chi connectivity index (χ2v) is 6.46. The first-order valence-corrected chi connectivity index (χ1v) is 8.87. The highest BCUT2D eigenvalue weighted by molar-refractivity contribution is 7.13. The molecule has 6 nitrogen and oxygen atoms in total. The summed E-state index contributed by atoms with van der Waals surface area (Å²) < 4.78 is 10.6. The summed E-state index contributed by atoms with van der Waals surface area (Å²) >= 11 is 1.47. The fourth-order valence-electron chi connectivity index (χ4n) is 2.47. The molecule has 0 saturated carbocycles. The smallest absolute Gasteiger partial charge is 0.230 e. The lowest BCUT2D eigenvalue weighted by Crippen LogP contribution is -2.15. The molecule has 2 aromatic heterocycles. The Morgan fingerprint density at radius 2 is 1.96 bits per heavy atom. The maximum atomic E-state index is 12.4. The number of nitrogens with one attached hydrogen (secondary N) is 1. The first kappa shape index (κ1) is 17.9. The Hall–Kier alpha value is -2.93. The molecule has 26 heavy (non-hydrogen) atoms.